The van der Waals surface area contributed by atoms with Crippen LogP contribution in [-0.2, 0) is 6.61 Å². The van der Waals surface area contributed by atoms with Gasteiger partial charge in [-0.05, 0) is 55.7 Å². The molecule has 1 aromatic heterocycles. The van der Waals surface area contributed by atoms with E-state index in [1.54, 1.807) is 13.3 Å². The van der Waals surface area contributed by atoms with E-state index in [-0.39, 0.29) is 0 Å². The van der Waals surface area contributed by atoms with E-state index in [0.29, 0.717) is 18.1 Å². The molecule has 4 rings (SSSR count). The normalized spacial score (nSPS) is 11.0. The van der Waals surface area contributed by atoms with Crippen LogP contribution >= 0.6 is 11.3 Å². The van der Waals surface area contributed by atoms with Crippen molar-refractivity contribution < 1.29 is 9.47 Å². The van der Waals surface area contributed by atoms with Crippen LogP contribution in [-0.4, -0.2) is 18.3 Å². The fraction of sp³-hybridized carbons (Fsp3) is 0.185. The summed E-state index contributed by atoms with van der Waals surface area (Å²) in [5.74, 6) is 1.36. The van der Waals surface area contributed by atoms with Crippen molar-refractivity contribution in [3.8, 4) is 22.8 Å². The first-order valence-corrected chi connectivity index (χ1v) is 11.6. The summed E-state index contributed by atoms with van der Waals surface area (Å²) in [6, 6.07) is 20.4. The van der Waals surface area contributed by atoms with Crippen molar-refractivity contribution in [3.63, 3.8) is 0 Å². The summed E-state index contributed by atoms with van der Waals surface area (Å²) >= 11 is 1.53. The number of aryl methyl sites for hydroxylation is 3. The van der Waals surface area contributed by atoms with Crippen LogP contribution in [0.15, 0.2) is 71.1 Å². The molecule has 0 saturated heterocycles. The summed E-state index contributed by atoms with van der Waals surface area (Å²) in [4.78, 5) is 4.66. The molecule has 4 aromatic rings. The molecule has 33 heavy (non-hydrogen) atoms. The molecule has 5 nitrogen and oxygen atoms in total. The van der Waals surface area contributed by atoms with Crippen molar-refractivity contribution in [1.82, 2.24) is 4.98 Å². The number of thiazole rings is 1. The average molecular weight is 458 g/mol. The molecule has 0 radical (unpaired) electrons. The van der Waals surface area contributed by atoms with Gasteiger partial charge in [-0.25, -0.2) is 4.98 Å². The minimum Gasteiger partial charge on any atom is -0.493 e. The number of rotatable bonds is 8. The molecule has 0 aliphatic rings. The lowest BCUT2D eigenvalue weighted by atomic mass is 10.0. The molecule has 1 N–H and O–H groups in total. The number of anilines is 1. The molecule has 6 heteroatoms. The van der Waals surface area contributed by atoms with Crippen LogP contribution in [0, 0.1) is 20.8 Å². The molecule has 0 saturated carbocycles. The fourth-order valence-electron chi connectivity index (χ4n) is 3.44. The maximum Gasteiger partial charge on any atom is 0.203 e. The summed E-state index contributed by atoms with van der Waals surface area (Å²) in [5, 5.41) is 7.12. The first-order valence-electron chi connectivity index (χ1n) is 10.7. The van der Waals surface area contributed by atoms with Gasteiger partial charge in [-0.2, -0.15) is 5.10 Å². The zero-order valence-electron chi connectivity index (χ0n) is 19.3. The molecule has 0 bridgehead atoms. The van der Waals surface area contributed by atoms with Crippen molar-refractivity contribution in [3.05, 3.63) is 93.9 Å². The van der Waals surface area contributed by atoms with Gasteiger partial charge >= 0.3 is 0 Å². The standard InChI is InChI=1S/C27H27N3O2S/c1-18-5-8-21(9-6-18)16-32-25-12-10-22(14-26(25)31-4)15-28-30-27-29-24(17-33-27)23-11-7-19(2)13-20(23)3/h5-15,17H,16H2,1-4H3,(H,29,30)/b28-15-. The Hall–Kier alpha value is -3.64. The summed E-state index contributed by atoms with van der Waals surface area (Å²) in [6.45, 7) is 6.76. The van der Waals surface area contributed by atoms with Crippen LogP contribution in [0.5, 0.6) is 11.5 Å². The second kappa shape index (κ2) is 10.3. The van der Waals surface area contributed by atoms with E-state index in [4.69, 9.17) is 9.47 Å². The lowest BCUT2D eigenvalue weighted by Crippen LogP contribution is -1.99. The van der Waals surface area contributed by atoms with E-state index >= 15 is 0 Å². The molecule has 0 amide bonds. The van der Waals surface area contributed by atoms with Crippen molar-refractivity contribution in [2.45, 2.75) is 27.4 Å². The van der Waals surface area contributed by atoms with Crippen molar-refractivity contribution in [2.24, 2.45) is 5.10 Å². The molecule has 0 unspecified atom stereocenters. The lowest BCUT2D eigenvalue weighted by Gasteiger charge is -2.11. The first-order chi connectivity index (χ1) is 16.0. The van der Waals surface area contributed by atoms with Gasteiger partial charge in [0.1, 0.15) is 6.61 Å². The van der Waals surface area contributed by atoms with Crippen LogP contribution < -0.4 is 14.9 Å². The van der Waals surface area contributed by atoms with Gasteiger partial charge in [0.25, 0.3) is 0 Å². The third-order valence-electron chi connectivity index (χ3n) is 5.24. The first kappa shape index (κ1) is 22.6. The van der Waals surface area contributed by atoms with Crippen molar-refractivity contribution in [1.29, 1.82) is 0 Å². The SMILES string of the molecule is COc1cc(/C=N\Nc2nc(-c3ccc(C)cc3C)cs2)ccc1OCc1ccc(C)cc1. The van der Waals surface area contributed by atoms with Crippen LogP contribution in [0.4, 0.5) is 5.13 Å². The van der Waals surface area contributed by atoms with Gasteiger partial charge in [0.05, 0.1) is 19.0 Å². The Bertz CT molecular complexity index is 1260. The molecule has 1 heterocycles. The Morgan fingerprint density at radius 1 is 0.939 bits per heavy atom. The number of nitrogens with one attached hydrogen (secondary N) is 1. The van der Waals surface area contributed by atoms with Gasteiger partial charge in [0, 0.05) is 10.9 Å². The molecule has 0 fully saturated rings. The molecule has 0 spiro atoms. The highest BCUT2D eigenvalue weighted by Gasteiger charge is 2.08. The highest BCUT2D eigenvalue weighted by Crippen LogP contribution is 2.29. The number of aromatic nitrogens is 1. The summed E-state index contributed by atoms with van der Waals surface area (Å²) in [5.41, 5.74) is 10.8. The second-order valence-corrected chi connectivity index (χ2v) is 8.77. The minimum absolute atomic E-state index is 0.485. The number of hydrogen-bond donors (Lipinski definition) is 1. The van der Waals surface area contributed by atoms with Gasteiger partial charge in [-0.3, -0.25) is 5.43 Å². The Morgan fingerprint density at radius 3 is 2.48 bits per heavy atom. The van der Waals surface area contributed by atoms with E-state index in [9.17, 15) is 0 Å². The summed E-state index contributed by atoms with van der Waals surface area (Å²) < 4.78 is 11.5. The summed E-state index contributed by atoms with van der Waals surface area (Å²) in [7, 11) is 1.64. The molecule has 0 atom stereocenters. The number of ether oxygens (including phenoxy) is 2. The smallest absolute Gasteiger partial charge is 0.203 e. The van der Waals surface area contributed by atoms with E-state index in [0.717, 1.165) is 27.5 Å². The van der Waals surface area contributed by atoms with E-state index in [1.807, 2.05) is 23.6 Å². The van der Waals surface area contributed by atoms with Crippen LogP contribution in [0.25, 0.3) is 11.3 Å². The Labute approximate surface area is 198 Å². The van der Waals surface area contributed by atoms with Crippen LogP contribution in [0.3, 0.4) is 0 Å². The average Bonchev–Trinajstić information content (AvgIpc) is 3.27. The van der Waals surface area contributed by atoms with Gasteiger partial charge < -0.3 is 9.47 Å². The Kier molecular flexibility index (Phi) is 7.05. The van der Waals surface area contributed by atoms with Gasteiger partial charge in [0.15, 0.2) is 11.5 Å². The van der Waals surface area contributed by atoms with E-state index in [2.05, 4.69) is 78.7 Å². The number of benzene rings is 3. The fourth-order valence-corrected chi connectivity index (χ4v) is 4.10. The third-order valence-corrected chi connectivity index (χ3v) is 5.99. The zero-order valence-corrected chi connectivity index (χ0v) is 20.1. The van der Waals surface area contributed by atoms with E-state index in [1.165, 1.54) is 28.0 Å². The van der Waals surface area contributed by atoms with Crippen molar-refractivity contribution in [2.75, 3.05) is 12.5 Å². The molecular formula is C27H27N3O2S. The molecule has 168 valence electrons. The Balaban J connectivity index is 1.39. The van der Waals surface area contributed by atoms with Gasteiger partial charge in [-0.15, -0.1) is 11.3 Å². The predicted octanol–water partition coefficient (Wildman–Crippen LogP) is 6.77. The maximum atomic E-state index is 5.95. The highest BCUT2D eigenvalue weighted by molar-refractivity contribution is 7.14. The van der Waals surface area contributed by atoms with E-state index < -0.39 is 0 Å². The zero-order chi connectivity index (χ0) is 23.2. The largest absolute Gasteiger partial charge is 0.493 e. The van der Waals surface area contributed by atoms with Crippen LogP contribution in [0.1, 0.15) is 27.8 Å². The Morgan fingerprint density at radius 2 is 1.73 bits per heavy atom. The molecular weight excluding hydrogens is 430 g/mol. The monoisotopic (exact) mass is 457 g/mol. The predicted molar refractivity (Wildman–Crippen MR) is 137 cm³/mol. The summed E-state index contributed by atoms with van der Waals surface area (Å²) in [6.07, 6.45) is 1.74. The lowest BCUT2D eigenvalue weighted by molar-refractivity contribution is 0.284. The number of nitrogens with zero attached hydrogens (tertiary/aromatic N) is 2. The molecule has 0 aliphatic carbocycles. The van der Waals surface area contributed by atoms with Crippen LogP contribution in [0.2, 0.25) is 0 Å². The third kappa shape index (κ3) is 5.79. The number of methoxy groups -OCH3 is 1. The highest BCUT2D eigenvalue weighted by atomic mass is 32.1. The van der Waals surface area contributed by atoms with Gasteiger partial charge in [-0.1, -0.05) is 53.6 Å². The van der Waals surface area contributed by atoms with Crippen molar-refractivity contribution >= 4 is 22.7 Å². The molecule has 3 aromatic carbocycles. The quantitative estimate of drug-likeness (QED) is 0.234. The maximum absolute atomic E-state index is 5.95. The second-order valence-electron chi connectivity index (χ2n) is 7.91. The number of hydrogen-bond acceptors (Lipinski definition) is 6. The molecule has 0 aliphatic heterocycles. The topological polar surface area (TPSA) is 55.7 Å². The minimum atomic E-state index is 0.485. The van der Waals surface area contributed by atoms with Gasteiger partial charge in [0.2, 0.25) is 5.13 Å². The number of hydrazone groups is 1.